The zero-order chi connectivity index (χ0) is 17.5. The number of nitro groups is 1. The highest BCUT2D eigenvalue weighted by atomic mass is 16.6. The molecule has 1 saturated carbocycles. The first-order chi connectivity index (χ1) is 11.5. The number of benzene rings is 1. The number of rotatable bonds is 6. The smallest absolute Gasteiger partial charge is 0.269 e. The van der Waals surface area contributed by atoms with Gasteiger partial charge in [0.15, 0.2) is 0 Å². The van der Waals surface area contributed by atoms with Gasteiger partial charge in [0, 0.05) is 36.7 Å². The van der Waals surface area contributed by atoms with Crippen LogP contribution in [0.15, 0.2) is 24.3 Å². The Bertz CT molecular complexity index is 600. The molecule has 0 aliphatic heterocycles. The van der Waals surface area contributed by atoms with Crippen molar-refractivity contribution >= 4 is 17.5 Å². The molecule has 1 aromatic carbocycles. The van der Waals surface area contributed by atoms with Crippen LogP contribution >= 0.6 is 0 Å². The van der Waals surface area contributed by atoms with Gasteiger partial charge in [-0.2, -0.15) is 0 Å². The van der Waals surface area contributed by atoms with E-state index in [1.54, 1.807) is 0 Å². The van der Waals surface area contributed by atoms with E-state index in [2.05, 4.69) is 17.6 Å². The predicted octanol–water partition coefficient (Wildman–Crippen LogP) is 2.41. The van der Waals surface area contributed by atoms with Gasteiger partial charge in [0.05, 0.1) is 4.92 Å². The molecule has 0 heterocycles. The van der Waals surface area contributed by atoms with E-state index in [0.717, 1.165) is 19.3 Å². The van der Waals surface area contributed by atoms with Crippen molar-refractivity contribution < 1.29 is 14.5 Å². The second-order valence-corrected chi connectivity index (χ2v) is 6.25. The van der Waals surface area contributed by atoms with Crippen LogP contribution in [-0.2, 0) is 4.79 Å². The fourth-order valence-electron chi connectivity index (χ4n) is 2.94. The molecule has 0 saturated heterocycles. The Labute approximate surface area is 141 Å². The number of hydrogen-bond acceptors (Lipinski definition) is 4. The molecule has 2 atom stereocenters. The number of amides is 2. The highest BCUT2D eigenvalue weighted by molar-refractivity contribution is 5.94. The quantitative estimate of drug-likeness (QED) is 0.616. The second-order valence-electron chi connectivity index (χ2n) is 6.25. The molecular formula is C17H23N3O4. The van der Waals surface area contributed by atoms with Gasteiger partial charge in [-0.25, -0.2) is 0 Å². The van der Waals surface area contributed by atoms with Crippen molar-refractivity contribution in [3.8, 4) is 0 Å². The van der Waals surface area contributed by atoms with Gasteiger partial charge in [0.1, 0.15) is 0 Å². The molecule has 0 aromatic heterocycles. The van der Waals surface area contributed by atoms with E-state index in [1.807, 2.05) is 0 Å². The molecule has 0 bridgehead atoms. The molecule has 2 N–H and O–H groups in total. The van der Waals surface area contributed by atoms with Gasteiger partial charge in [-0.05, 0) is 30.9 Å². The van der Waals surface area contributed by atoms with Gasteiger partial charge in [0.25, 0.3) is 11.6 Å². The summed E-state index contributed by atoms with van der Waals surface area (Å²) in [6, 6.07) is 5.60. The first kappa shape index (κ1) is 17.9. The van der Waals surface area contributed by atoms with Gasteiger partial charge in [-0.3, -0.25) is 19.7 Å². The average molecular weight is 333 g/mol. The van der Waals surface area contributed by atoms with Crippen molar-refractivity contribution in [3.63, 3.8) is 0 Å². The summed E-state index contributed by atoms with van der Waals surface area (Å²) in [5, 5.41) is 16.3. The Hall–Kier alpha value is -2.44. The van der Waals surface area contributed by atoms with Crippen molar-refractivity contribution in [1.29, 1.82) is 0 Å². The number of carbonyl (C=O) groups excluding carboxylic acids is 2. The molecule has 7 heteroatoms. The number of nitro benzene ring substituents is 1. The molecule has 0 spiro atoms. The van der Waals surface area contributed by atoms with Crippen LogP contribution in [0.1, 0.15) is 49.4 Å². The van der Waals surface area contributed by atoms with Gasteiger partial charge < -0.3 is 10.6 Å². The normalized spacial score (nSPS) is 20.2. The van der Waals surface area contributed by atoms with Crippen LogP contribution in [0.3, 0.4) is 0 Å². The number of nitrogens with one attached hydrogen (secondary N) is 2. The minimum atomic E-state index is -0.516. The Morgan fingerprint density at radius 3 is 2.50 bits per heavy atom. The summed E-state index contributed by atoms with van der Waals surface area (Å²) in [5.41, 5.74) is 0.273. The number of hydrogen-bond donors (Lipinski definition) is 2. The van der Waals surface area contributed by atoms with Crippen molar-refractivity contribution in [2.45, 2.75) is 45.1 Å². The first-order valence-corrected chi connectivity index (χ1v) is 8.29. The molecule has 1 fully saturated rings. The Balaban J connectivity index is 1.73. The molecule has 7 nitrogen and oxygen atoms in total. The van der Waals surface area contributed by atoms with Gasteiger partial charge >= 0.3 is 0 Å². The lowest BCUT2D eigenvalue weighted by Crippen LogP contribution is -2.42. The molecule has 0 unspecified atom stereocenters. The molecule has 130 valence electrons. The minimum Gasteiger partial charge on any atom is -0.353 e. The second kappa shape index (κ2) is 8.42. The molecule has 1 aliphatic rings. The van der Waals surface area contributed by atoms with Crippen LogP contribution in [0, 0.1) is 16.0 Å². The van der Waals surface area contributed by atoms with Crippen LogP contribution in [0.5, 0.6) is 0 Å². The number of carbonyl (C=O) groups is 2. The van der Waals surface area contributed by atoms with E-state index in [1.165, 1.54) is 30.7 Å². The van der Waals surface area contributed by atoms with Gasteiger partial charge in [-0.15, -0.1) is 0 Å². The van der Waals surface area contributed by atoms with Gasteiger partial charge in [0.2, 0.25) is 5.91 Å². The third kappa shape index (κ3) is 5.04. The Morgan fingerprint density at radius 2 is 1.88 bits per heavy atom. The first-order valence-electron chi connectivity index (χ1n) is 8.29. The maximum absolute atomic E-state index is 12.0. The maximum Gasteiger partial charge on any atom is 0.269 e. The fraction of sp³-hybridized carbons (Fsp3) is 0.529. The van der Waals surface area contributed by atoms with E-state index < -0.39 is 4.92 Å². The minimum absolute atomic E-state index is 0.0576. The number of non-ortho nitro benzene ring substituents is 1. The van der Waals surface area contributed by atoms with Gasteiger partial charge in [-0.1, -0.05) is 19.8 Å². The summed E-state index contributed by atoms with van der Waals surface area (Å²) < 4.78 is 0. The summed E-state index contributed by atoms with van der Waals surface area (Å²) in [5.74, 6) is 0.0962. The highest BCUT2D eigenvalue weighted by Crippen LogP contribution is 2.23. The molecule has 1 aromatic rings. The highest BCUT2D eigenvalue weighted by Gasteiger charge is 2.22. The summed E-state index contributed by atoms with van der Waals surface area (Å²) >= 11 is 0. The van der Waals surface area contributed by atoms with Crippen molar-refractivity contribution in [2.24, 2.45) is 5.92 Å². The van der Waals surface area contributed by atoms with Crippen molar-refractivity contribution in [1.82, 2.24) is 10.6 Å². The SMILES string of the molecule is C[C@H]1CCCC[C@@H]1NC(=O)CCNC(=O)c1ccc([N+](=O)[O-])cc1. The summed E-state index contributed by atoms with van der Waals surface area (Å²) in [4.78, 5) is 34.0. The van der Waals surface area contributed by atoms with E-state index in [0.29, 0.717) is 11.5 Å². The van der Waals surface area contributed by atoms with Crippen LogP contribution < -0.4 is 10.6 Å². The van der Waals surface area contributed by atoms with Crippen LogP contribution in [0.4, 0.5) is 5.69 Å². The van der Waals surface area contributed by atoms with Crippen molar-refractivity contribution in [2.75, 3.05) is 6.54 Å². The standard InChI is InChI=1S/C17H23N3O4/c1-12-4-2-3-5-15(12)19-16(21)10-11-18-17(22)13-6-8-14(9-7-13)20(23)24/h6-9,12,15H,2-5,10-11H2,1H3,(H,18,22)(H,19,21)/t12-,15-/m0/s1. The Morgan fingerprint density at radius 1 is 1.21 bits per heavy atom. The maximum atomic E-state index is 12.0. The van der Waals surface area contributed by atoms with Crippen LogP contribution in [0.2, 0.25) is 0 Å². The zero-order valence-corrected chi connectivity index (χ0v) is 13.8. The van der Waals surface area contributed by atoms with E-state index in [-0.39, 0.29) is 36.5 Å². The molecule has 24 heavy (non-hydrogen) atoms. The van der Waals surface area contributed by atoms with Crippen molar-refractivity contribution in [3.05, 3.63) is 39.9 Å². The monoisotopic (exact) mass is 333 g/mol. The lowest BCUT2D eigenvalue weighted by atomic mass is 9.86. The summed E-state index contributed by atoms with van der Waals surface area (Å²) in [6.45, 7) is 2.39. The van der Waals surface area contributed by atoms with E-state index >= 15 is 0 Å². The lowest BCUT2D eigenvalue weighted by molar-refractivity contribution is -0.384. The van der Waals surface area contributed by atoms with Crippen LogP contribution in [0.25, 0.3) is 0 Å². The third-order valence-electron chi connectivity index (χ3n) is 4.44. The topological polar surface area (TPSA) is 101 Å². The summed E-state index contributed by atoms with van der Waals surface area (Å²) in [6.07, 6.45) is 4.75. The largest absolute Gasteiger partial charge is 0.353 e. The van der Waals surface area contributed by atoms with Crippen LogP contribution in [-0.4, -0.2) is 29.3 Å². The Kier molecular flexibility index (Phi) is 6.28. The third-order valence-corrected chi connectivity index (χ3v) is 4.44. The molecule has 0 radical (unpaired) electrons. The van der Waals surface area contributed by atoms with E-state index in [4.69, 9.17) is 0 Å². The molecule has 1 aliphatic carbocycles. The number of nitrogens with zero attached hydrogens (tertiary/aromatic N) is 1. The van der Waals surface area contributed by atoms with E-state index in [9.17, 15) is 19.7 Å². The molecular weight excluding hydrogens is 310 g/mol. The summed E-state index contributed by atoms with van der Waals surface area (Å²) in [7, 11) is 0. The fourth-order valence-corrected chi connectivity index (χ4v) is 2.94. The molecule has 2 rings (SSSR count). The zero-order valence-electron chi connectivity index (χ0n) is 13.8. The average Bonchev–Trinajstić information content (AvgIpc) is 2.57. The molecule has 2 amide bonds. The predicted molar refractivity (Wildman–Crippen MR) is 89.6 cm³/mol. The lowest BCUT2D eigenvalue weighted by Gasteiger charge is -2.29.